The van der Waals surface area contributed by atoms with E-state index in [1.165, 1.54) is 5.57 Å². The summed E-state index contributed by atoms with van der Waals surface area (Å²) in [6.07, 6.45) is 5.74. The Bertz CT molecular complexity index is 143. The minimum absolute atomic E-state index is 0.519. The Morgan fingerprint density at radius 3 is 2.30 bits per heavy atom. The van der Waals surface area contributed by atoms with E-state index in [0.717, 1.165) is 12.8 Å². The van der Waals surface area contributed by atoms with Crippen LogP contribution in [0.5, 0.6) is 0 Å². The largest absolute Gasteiger partial charge is 0.512 e. The first-order valence-corrected chi connectivity index (χ1v) is 3.85. The third kappa shape index (κ3) is 3.33. The van der Waals surface area contributed by atoms with Crippen molar-refractivity contribution >= 4 is 0 Å². The van der Waals surface area contributed by atoms with Gasteiger partial charge >= 0.3 is 0 Å². The van der Waals surface area contributed by atoms with Crippen LogP contribution >= 0.6 is 0 Å². The summed E-state index contributed by atoms with van der Waals surface area (Å²) < 4.78 is 0. The van der Waals surface area contributed by atoms with Crippen LogP contribution < -0.4 is 0 Å². The fraction of sp³-hybridized carbons (Fsp3) is 0.556. The van der Waals surface area contributed by atoms with Gasteiger partial charge in [-0.25, -0.2) is 0 Å². The summed E-state index contributed by atoms with van der Waals surface area (Å²) in [5.74, 6) is 0.519. The highest BCUT2D eigenvalue weighted by Crippen LogP contribution is 2.13. The number of hydrogen-bond acceptors (Lipinski definition) is 1. The van der Waals surface area contributed by atoms with Gasteiger partial charge < -0.3 is 5.11 Å². The highest BCUT2D eigenvalue weighted by Gasteiger charge is 1.97. The van der Waals surface area contributed by atoms with Crippen LogP contribution in [0, 0.1) is 0 Å². The Balaban J connectivity index is 0.000000371. The van der Waals surface area contributed by atoms with Gasteiger partial charge in [-0.1, -0.05) is 25.5 Å². The Labute approximate surface area is 63.1 Å². The lowest BCUT2D eigenvalue weighted by atomic mass is 10.1. The van der Waals surface area contributed by atoms with Crippen LogP contribution in [0.15, 0.2) is 23.5 Å². The van der Waals surface area contributed by atoms with E-state index in [1.54, 1.807) is 0 Å². The van der Waals surface area contributed by atoms with Gasteiger partial charge in [-0.3, -0.25) is 0 Å². The third-order valence-corrected chi connectivity index (χ3v) is 1.26. The van der Waals surface area contributed by atoms with Crippen molar-refractivity contribution in [3.05, 3.63) is 23.5 Å². The second-order valence-electron chi connectivity index (χ2n) is 2.12. The maximum absolute atomic E-state index is 8.90. The summed E-state index contributed by atoms with van der Waals surface area (Å²) in [7, 11) is 0. The molecule has 0 saturated heterocycles. The smallest absolute Gasteiger partial charge is 0.0928 e. The first-order valence-electron chi connectivity index (χ1n) is 3.85. The van der Waals surface area contributed by atoms with Gasteiger partial charge in [0.1, 0.15) is 0 Å². The Hall–Kier alpha value is -0.720. The van der Waals surface area contributed by atoms with Crippen LogP contribution in [0.1, 0.15) is 33.6 Å². The molecule has 58 valence electrons. The molecular weight excluding hydrogens is 124 g/mol. The van der Waals surface area contributed by atoms with Crippen molar-refractivity contribution in [1.82, 2.24) is 0 Å². The van der Waals surface area contributed by atoms with Crippen LogP contribution in [0.3, 0.4) is 0 Å². The van der Waals surface area contributed by atoms with Crippen LogP contribution in [0.4, 0.5) is 0 Å². The molecule has 0 unspecified atom stereocenters. The molecule has 1 nitrogen and oxygen atoms in total. The number of rotatable bonds is 0. The summed E-state index contributed by atoms with van der Waals surface area (Å²) in [5.41, 5.74) is 1.17. The van der Waals surface area contributed by atoms with E-state index in [1.807, 2.05) is 26.8 Å². The molecule has 0 heterocycles. The lowest BCUT2D eigenvalue weighted by Crippen LogP contribution is -1.87. The molecule has 0 fully saturated rings. The van der Waals surface area contributed by atoms with Crippen LogP contribution in [-0.4, -0.2) is 5.11 Å². The number of allylic oxidation sites excluding steroid dienone is 4. The lowest BCUT2D eigenvalue weighted by molar-refractivity contribution is 0.386. The second kappa shape index (κ2) is 5.10. The average molecular weight is 140 g/mol. The van der Waals surface area contributed by atoms with Crippen molar-refractivity contribution in [1.29, 1.82) is 0 Å². The monoisotopic (exact) mass is 140 g/mol. The molecule has 0 saturated carbocycles. The topological polar surface area (TPSA) is 20.2 Å². The van der Waals surface area contributed by atoms with Gasteiger partial charge in [0.05, 0.1) is 5.76 Å². The molecule has 0 aromatic heterocycles. The SMILES string of the molecule is CC.CC1=CCCC(O)=C1. The molecule has 1 rings (SSSR count). The first kappa shape index (κ1) is 9.28. The van der Waals surface area contributed by atoms with E-state index < -0.39 is 0 Å². The number of hydrogen-bond donors (Lipinski definition) is 1. The Morgan fingerprint density at radius 1 is 1.40 bits per heavy atom. The Kier molecular flexibility index (Phi) is 4.73. The molecule has 1 aliphatic rings. The second-order valence-corrected chi connectivity index (χ2v) is 2.12. The molecular formula is C9H16O. The quantitative estimate of drug-likeness (QED) is 0.548. The summed E-state index contributed by atoms with van der Waals surface area (Å²) in [4.78, 5) is 0. The molecule has 0 bridgehead atoms. The molecule has 1 aliphatic carbocycles. The van der Waals surface area contributed by atoms with Gasteiger partial charge in [-0.05, 0) is 19.4 Å². The van der Waals surface area contributed by atoms with E-state index >= 15 is 0 Å². The molecule has 1 heteroatoms. The van der Waals surface area contributed by atoms with E-state index in [-0.39, 0.29) is 0 Å². The average Bonchev–Trinajstić information content (AvgIpc) is 1.91. The van der Waals surface area contributed by atoms with Crippen LogP contribution in [0.25, 0.3) is 0 Å². The summed E-state index contributed by atoms with van der Waals surface area (Å²) in [5, 5.41) is 8.90. The van der Waals surface area contributed by atoms with Gasteiger partial charge in [0.15, 0.2) is 0 Å². The normalized spacial score (nSPS) is 16.3. The minimum atomic E-state index is 0.519. The fourth-order valence-corrected chi connectivity index (χ4v) is 0.842. The zero-order valence-corrected chi connectivity index (χ0v) is 7.02. The molecule has 1 N–H and O–H groups in total. The predicted molar refractivity (Wildman–Crippen MR) is 45.1 cm³/mol. The maximum atomic E-state index is 8.90. The van der Waals surface area contributed by atoms with Crippen molar-refractivity contribution in [2.24, 2.45) is 0 Å². The maximum Gasteiger partial charge on any atom is 0.0928 e. The van der Waals surface area contributed by atoms with Gasteiger partial charge in [-0.15, -0.1) is 0 Å². The van der Waals surface area contributed by atoms with Crippen molar-refractivity contribution in [2.75, 3.05) is 0 Å². The number of aliphatic hydroxyl groups is 1. The zero-order valence-electron chi connectivity index (χ0n) is 7.02. The Morgan fingerprint density at radius 2 is 2.00 bits per heavy atom. The highest BCUT2D eigenvalue weighted by atomic mass is 16.3. The number of aliphatic hydroxyl groups excluding tert-OH is 1. The molecule has 10 heavy (non-hydrogen) atoms. The molecule has 0 amide bonds. The fourth-order valence-electron chi connectivity index (χ4n) is 0.842. The van der Waals surface area contributed by atoms with Crippen molar-refractivity contribution in [2.45, 2.75) is 33.6 Å². The molecule has 0 aliphatic heterocycles. The molecule has 0 atom stereocenters. The van der Waals surface area contributed by atoms with Gasteiger partial charge in [0.2, 0.25) is 0 Å². The summed E-state index contributed by atoms with van der Waals surface area (Å²) in [6, 6.07) is 0. The van der Waals surface area contributed by atoms with E-state index in [4.69, 9.17) is 5.11 Å². The minimum Gasteiger partial charge on any atom is -0.512 e. The molecule has 0 radical (unpaired) electrons. The van der Waals surface area contributed by atoms with E-state index in [2.05, 4.69) is 6.08 Å². The molecule has 0 aromatic rings. The van der Waals surface area contributed by atoms with Crippen molar-refractivity contribution < 1.29 is 5.11 Å². The molecule has 0 spiro atoms. The van der Waals surface area contributed by atoms with Crippen molar-refractivity contribution in [3.8, 4) is 0 Å². The summed E-state index contributed by atoms with van der Waals surface area (Å²) >= 11 is 0. The van der Waals surface area contributed by atoms with Crippen LogP contribution in [-0.2, 0) is 0 Å². The first-order chi connectivity index (χ1) is 4.79. The van der Waals surface area contributed by atoms with Crippen LogP contribution in [0.2, 0.25) is 0 Å². The van der Waals surface area contributed by atoms with Crippen molar-refractivity contribution in [3.63, 3.8) is 0 Å². The standard InChI is InChI=1S/C7H10O.C2H6/c1-6-3-2-4-7(8)5-6;1-2/h3,5,8H,2,4H2,1H3;1-2H3. The van der Waals surface area contributed by atoms with E-state index in [0.29, 0.717) is 5.76 Å². The van der Waals surface area contributed by atoms with Gasteiger partial charge in [-0.2, -0.15) is 0 Å². The predicted octanol–water partition coefficient (Wildman–Crippen LogP) is 3.19. The van der Waals surface area contributed by atoms with Gasteiger partial charge in [0.25, 0.3) is 0 Å². The lowest BCUT2D eigenvalue weighted by Gasteiger charge is -2.03. The van der Waals surface area contributed by atoms with Gasteiger partial charge in [0, 0.05) is 6.42 Å². The zero-order chi connectivity index (χ0) is 7.98. The highest BCUT2D eigenvalue weighted by molar-refractivity contribution is 5.22. The third-order valence-electron chi connectivity index (χ3n) is 1.26. The van der Waals surface area contributed by atoms with E-state index in [9.17, 15) is 0 Å². The summed E-state index contributed by atoms with van der Waals surface area (Å²) in [6.45, 7) is 6.00. The molecule has 0 aromatic carbocycles.